The van der Waals surface area contributed by atoms with Crippen molar-refractivity contribution in [3.8, 4) is 11.6 Å². The standard InChI is InChI=1S/C18H20N4O2/c1-2-4-13(5-3-1)11-17-20-18(24-22-17)16-12-15(23-21-16)10-14-6-8-19-9-7-14/h1-5,12,14,19H,6-11H2. The summed E-state index contributed by atoms with van der Waals surface area (Å²) >= 11 is 0. The average molecular weight is 324 g/mol. The van der Waals surface area contributed by atoms with Crippen LogP contribution >= 0.6 is 0 Å². The zero-order chi connectivity index (χ0) is 16.2. The van der Waals surface area contributed by atoms with Gasteiger partial charge in [0.15, 0.2) is 11.5 Å². The molecule has 124 valence electrons. The van der Waals surface area contributed by atoms with E-state index in [0.29, 0.717) is 29.7 Å². The van der Waals surface area contributed by atoms with Gasteiger partial charge in [0, 0.05) is 18.9 Å². The van der Waals surface area contributed by atoms with Gasteiger partial charge in [-0.05, 0) is 37.4 Å². The lowest BCUT2D eigenvalue weighted by atomic mass is 9.93. The van der Waals surface area contributed by atoms with Crippen molar-refractivity contribution in [2.45, 2.75) is 25.7 Å². The SMILES string of the molecule is c1ccc(Cc2noc(-c3cc(CC4CCNCC4)on3)n2)cc1. The number of nitrogens with zero attached hydrogens (tertiary/aromatic N) is 3. The highest BCUT2D eigenvalue weighted by molar-refractivity contribution is 5.45. The van der Waals surface area contributed by atoms with E-state index in [1.54, 1.807) is 0 Å². The van der Waals surface area contributed by atoms with Crippen molar-refractivity contribution >= 4 is 0 Å². The Morgan fingerprint density at radius 3 is 2.71 bits per heavy atom. The monoisotopic (exact) mass is 324 g/mol. The molecule has 0 unspecified atom stereocenters. The first-order valence-electron chi connectivity index (χ1n) is 8.40. The van der Waals surface area contributed by atoms with E-state index in [1.807, 2.05) is 36.4 Å². The second-order valence-electron chi connectivity index (χ2n) is 6.25. The lowest BCUT2D eigenvalue weighted by Gasteiger charge is -2.21. The van der Waals surface area contributed by atoms with Crippen LogP contribution in [-0.4, -0.2) is 28.4 Å². The number of rotatable bonds is 5. The Bertz CT molecular complexity index is 775. The maximum atomic E-state index is 5.45. The number of piperidine rings is 1. The van der Waals surface area contributed by atoms with E-state index < -0.39 is 0 Å². The lowest BCUT2D eigenvalue weighted by molar-refractivity contribution is 0.318. The number of hydrogen-bond acceptors (Lipinski definition) is 6. The van der Waals surface area contributed by atoms with Gasteiger partial charge in [0.2, 0.25) is 0 Å². The summed E-state index contributed by atoms with van der Waals surface area (Å²) < 4.78 is 10.8. The second kappa shape index (κ2) is 6.97. The van der Waals surface area contributed by atoms with Gasteiger partial charge in [0.1, 0.15) is 5.76 Å². The summed E-state index contributed by atoms with van der Waals surface area (Å²) in [5.41, 5.74) is 1.77. The van der Waals surface area contributed by atoms with Crippen LogP contribution in [0.5, 0.6) is 0 Å². The van der Waals surface area contributed by atoms with Crippen LogP contribution in [0.15, 0.2) is 45.4 Å². The molecule has 3 heterocycles. The molecule has 0 saturated carbocycles. The summed E-state index contributed by atoms with van der Waals surface area (Å²) in [6.45, 7) is 2.16. The smallest absolute Gasteiger partial charge is 0.280 e. The molecule has 1 aliphatic heterocycles. The fourth-order valence-corrected chi connectivity index (χ4v) is 3.09. The second-order valence-corrected chi connectivity index (χ2v) is 6.25. The Kier molecular flexibility index (Phi) is 4.38. The van der Waals surface area contributed by atoms with Crippen molar-refractivity contribution in [3.05, 3.63) is 53.5 Å². The minimum atomic E-state index is 0.418. The molecule has 2 aromatic heterocycles. The summed E-state index contributed by atoms with van der Waals surface area (Å²) in [4.78, 5) is 4.43. The Morgan fingerprint density at radius 1 is 1.04 bits per heavy atom. The van der Waals surface area contributed by atoms with Crippen LogP contribution in [0.1, 0.15) is 30.0 Å². The molecule has 1 aliphatic rings. The first kappa shape index (κ1) is 15.1. The predicted molar refractivity (Wildman–Crippen MR) is 88.3 cm³/mol. The summed E-state index contributed by atoms with van der Waals surface area (Å²) in [5.74, 6) is 2.61. The van der Waals surface area contributed by atoms with E-state index in [0.717, 1.165) is 30.8 Å². The molecule has 0 amide bonds. The van der Waals surface area contributed by atoms with Crippen LogP contribution in [0, 0.1) is 5.92 Å². The van der Waals surface area contributed by atoms with E-state index in [2.05, 4.69) is 20.6 Å². The van der Waals surface area contributed by atoms with Crippen LogP contribution in [-0.2, 0) is 12.8 Å². The Hall–Kier alpha value is -2.47. The van der Waals surface area contributed by atoms with Gasteiger partial charge in [-0.2, -0.15) is 4.98 Å². The van der Waals surface area contributed by atoms with Crippen LogP contribution < -0.4 is 5.32 Å². The van der Waals surface area contributed by atoms with Gasteiger partial charge < -0.3 is 14.4 Å². The molecule has 0 atom stereocenters. The maximum Gasteiger partial charge on any atom is 0.280 e. The van der Waals surface area contributed by atoms with Crippen molar-refractivity contribution in [2.75, 3.05) is 13.1 Å². The molecular weight excluding hydrogens is 304 g/mol. The van der Waals surface area contributed by atoms with Gasteiger partial charge in [0.25, 0.3) is 5.89 Å². The average Bonchev–Trinajstić information content (AvgIpc) is 3.26. The fourth-order valence-electron chi connectivity index (χ4n) is 3.09. The highest BCUT2D eigenvalue weighted by Gasteiger charge is 2.18. The maximum absolute atomic E-state index is 5.45. The highest BCUT2D eigenvalue weighted by Crippen LogP contribution is 2.22. The largest absolute Gasteiger partial charge is 0.361 e. The minimum absolute atomic E-state index is 0.418. The summed E-state index contributed by atoms with van der Waals surface area (Å²) in [7, 11) is 0. The van der Waals surface area contributed by atoms with Crippen molar-refractivity contribution in [3.63, 3.8) is 0 Å². The van der Waals surface area contributed by atoms with Crippen LogP contribution in [0.2, 0.25) is 0 Å². The molecular formula is C18H20N4O2. The molecule has 1 aromatic carbocycles. The van der Waals surface area contributed by atoms with Crippen molar-refractivity contribution in [1.29, 1.82) is 0 Å². The first-order valence-corrected chi connectivity index (χ1v) is 8.40. The molecule has 24 heavy (non-hydrogen) atoms. The highest BCUT2D eigenvalue weighted by atomic mass is 16.5. The molecule has 6 nitrogen and oxygen atoms in total. The number of hydrogen-bond donors (Lipinski definition) is 1. The third-order valence-electron chi connectivity index (χ3n) is 4.40. The van der Waals surface area contributed by atoms with E-state index in [-0.39, 0.29) is 0 Å². The van der Waals surface area contributed by atoms with E-state index in [4.69, 9.17) is 9.05 Å². The molecule has 0 spiro atoms. The summed E-state index contributed by atoms with van der Waals surface area (Å²) in [6, 6.07) is 12.0. The van der Waals surface area contributed by atoms with Crippen LogP contribution in [0.4, 0.5) is 0 Å². The molecule has 1 saturated heterocycles. The molecule has 6 heteroatoms. The number of aromatic nitrogens is 3. The first-order chi connectivity index (χ1) is 11.9. The Balaban J connectivity index is 1.43. The van der Waals surface area contributed by atoms with E-state index >= 15 is 0 Å². The molecule has 0 aliphatic carbocycles. The third-order valence-corrected chi connectivity index (χ3v) is 4.40. The van der Waals surface area contributed by atoms with E-state index in [9.17, 15) is 0 Å². The molecule has 0 radical (unpaired) electrons. The van der Waals surface area contributed by atoms with Crippen LogP contribution in [0.25, 0.3) is 11.6 Å². The quantitative estimate of drug-likeness (QED) is 0.777. The fraction of sp³-hybridized carbons (Fsp3) is 0.389. The minimum Gasteiger partial charge on any atom is -0.361 e. The number of benzene rings is 1. The van der Waals surface area contributed by atoms with Gasteiger partial charge in [0.05, 0.1) is 0 Å². The topological polar surface area (TPSA) is 77.0 Å². The van der Waals surface area contributed by atoms with Crippen molar-refractivity contribution in [1.82, 2.24) is 20.6 Å². The van der Waals surface area contributed by atoms with Crippen molar-refractivity contribution in [2.24, 2.45) is 5.92 Å². The normalized spacial score (nSPS) is 15.7. The molecule has 3 aromatic rings. The predicted octanol–water partition coefficient (Wildman–Crippen LogP) is 2.86. The van der Waals surface area contributed by atoms with Crippen molar-refractivity contribution < 1.29 is 9.05 Å². The molecule has 1 fully saturated rings. The van der Waals surface area contributed by atoms with E-state index in [1.165, 1.54) is 12.8 Å². The van der Waals surface area contributed by atoms with Gasteiger partial charge in [-0.25, -0.2) is 0 Å². The van der Waals surface area contributed by atoms with Gasteiger partial charge >= 0.3 is 0 Å². The summed E-state index contributed by atoms with van der Waals surface area (Å²) in [5, 5.41) is 11.5. The summed E-state index contributed by atoms with van der Waals surface area (Å²) in [6.07, 6.45) is 3.92. The van der Waals surface area contributed by atoms with Gasteiger partial charge in [-0.1, -0.05) is 40.6 Å². The zero-order valence-electron chi connectivity index (χ0n) is 13.4. The molecule has 0 bridgehead atoms. The lowest BCUT2D eigenvalue weighted by Crippen LogP contribution is -2.28. The Morgan fingerprint density at radius 2 is 1.88 bits per heavy atom. The third kappa shape index (κ3) is 3.54. The van der Waals surface area contributed by atoms with Gasteiger partial charge in [-0.3, -0.25) is 0 Å². The van der Waals surface area contributed by atoms with Crippen LogP contribution in [0.3, 0.4) is 0 Å². The number of nitrogens with one attached hydrogen (secondary N) is 1. The zero-order valence-corrected chi connectivity index (χ0v) is 13.4. The Labute approximate surface area is 140 Å². The molecule has 1 N–H and O–H groups in total. The molecule has 4 rings (SSSR count). The van der Waals surface area contributed by atoms with Gasteiger partial charge in [-0.15, -0.1) is 0 Å².